The van der Waals surface area contributed by atoms with Crippen LogP contribution in [-0.4, -0.2) is 33.0 Å². The van der Waals surface area contributed by atoms with Crippen molar-refractivity contribution < 1.29 is 8.42 Å². The van der Waals surface area contributed by atoms with Crippen LogP contribution in [0.3, 0.4) is 0 Å². The predicted molar refractivity (Wildman–Crippen MR) is 59.1 cm³/mol. The Bertz CT molecular complexity index is 257. The molecular formula is C10H21NO2S. The second-order valence-electron chi connectivity index (χ2n) is 4.52. The normalized spacial score (nSPS) is 19.6. The summed E-state index contributed by atoms with van der Waals surface area (Å²) in [5, 5.41) is 3.36. The second kappa shape index (κ2) is 5.12. The summed E-state index contributed by atoms with van der Waals surface area (Å²) >= 11 is 0. The Morgan fingerprint density at radius 3 is 2.57 bits per heavy atom. The topological polar surface area (TPSA) is 46.2 Å². The van der Waals surface area contributed by atoms with Gasteiger partial charge in [0.15, 0.2) is 0 Å². The minimum atomic E-state index is -2.77. The van der Waals surface area contributed by atoms with Gasteiger partial charge in [-0.05, 0) is 32.2 Å². The van der Waals surface area contributed by atoms with E-state index in [0.29, 0.717) is 11.8 Å². The third-order valence-corrected chi connectivity index (χ3v) is 3.60. The van der Waals surface area contributed by atoms with Crippen LogP contribution in [0.2, 0.25) is 0 Å². The Morgan fingerprint density at radius 2 is 2.07 bits per heavy atom. The van der Waals surface area contributed by atoms with Crippen molar-refractivity contribution in [3.05, 3.63) is 0 Å². The van der Waals surface area contributed by atoms with Crippen LogP contribution in [0, 0.1) is 5.92 Å². The van der Waals surface area contributed by atoms with E-state index in [4.69, 9.17) is 0 Å². The molecule has 0 aliphatic heterocycles. The zero-order chi connectivity index (χ0) is 10.6. The van der Waals surface area contributed by atoms with Gasteiger partial charge in [-0.1, -0.05) is 12.8 Å². The molecule has 1 unspecified atom stereocenters. The van der Waals surface area contributed by atoms with Crippen molar-refractivity contribution in [3.8, 4) is 0 Å². The van der Waals surface area contributed by atoms with Crippen LogP contribution >= 0.6 is 0 Å². The van der Waals surface area contributed by atoms with Crippen LogP contribution in [0.1, 0.15) is 32.6 Å². The molecule has 1 saturated carbocycles. The largest absolute Gasteiger partial charge is 0.314 e. The SMILES string of the molecule is CC(CC1CC1)NCCCS(C)(=O)=O. The third kappa shape index (κ3) is 6.38. The van der Waals surface area contributed by atoms with Gasteiger partial charge in [-0.2, -0.15) is 0 Å². The molecule has 0 amide bonds. The van der Waals surface area contributed by atoms with Gasteiger partial charge in [-0.15, -0.1) is 0 Å². The first-order valence-electron chi connectivity index (χ1n) is 5.38. The van der Waals surface area contributed by atoms with E-state index in [-0.39, 0.29) is 0 Å². The monoisotopic (exact) mass is 219 g/mol. The molecule has 1 atom stereocenters. The van der Waals surface area contributed by atoms with Gasteiger partial charge in [0.25, 0.3) is 0 Å². The molecular weight excluding hydrogens is 198 g/mol. The summed E-state index contributed by atoms with van der Waals surface area (Å²) in [4.78, 5) is 0. The van der Waals surface area contributed by atoms with E-state index in [1.807, 2.05) is 0 Å². The zero-order valence-electron chi connectivity index (χ0n) is 9.12. The number of sulfone groups is 1. The number of nitrogens with one attached hydrogen (secondary N) is 1. The molecule has 4 heteroatoms. The Hall–Kier alpha value is -0.0900. The molecule has 0 saturated heterocycles. The molecule has 0 bridgehead atoms. The average molecular weight is 219 g/mol. The van der Waals surface area contributed by atoms with E-state index in [1.165, 1.54) is 25.5 Å². The van der Waals surface area contributed by atoms with Crippen molar-refractivity contribution in [2.75, 3.05) is 18.6 Å². The van der Waals surface area contributed by atoms with Crippen LogP contribution in [0.15, 0.2) is 0 Å². The number of rotatable bonds is 7. The van der Waals surface area contributed by atoms with Gasteiger partial charge in [-0.3, -0.25) is 0 Å². The van der Waals surface area contributed by atoms with Gasteiger partial charge in [-0.25, -0.2) is 8.42 Å². The lowest BCUT2D eigenvalue weighted by Gasteiger charge is -2.12. The number of hydrogen-bond donors (Lipinski definition) is 1. The maximum atomic E-state index is 10.8. The minimum Gasteiger partial charge on any atom is -0.314 e. The molecule has 1 N–H and O–H groups in total. The standard InChI is InChI=1S/C10H21NO2S/c1-9(8-10-4-5-10)11-6-3-7-14(2,12)13/h9-11H,3-8H2,1-2H3. The number of hydrogen-bond acceptors (Lipinski definition) is 3. The smallest absolute Gasteiger partial charge is 0.147 e. The summed E-state index contributed by atoms with van der Waals surface area (Å²) in [5.74, 6) is 1.24. The van der Waals surface area contributed by atoms with Crippen molar-refractivity contribution in [1.82, 2.24) is 5.32 Å². The van der Waals surface area contributed by atoms with Crippen LogP contribution in [-0.2, 0) is 9.84 Å². The molecule has 1 rings (SSSR count). The summed E-state index contributed by atoms with van der Waals surface area (Å²) < 4.78 is 21.7. The minimum absolute atomic E-state index is 0.302. The van der Waals surface area contributed by atoms with Crippen LogP contribution in [0.5, 0.6) is 0 Å². The molecule has 3 nitrogen and oxygen atoms in total. The molecule has 14 heavy (non-hydrogen) atoms. The summed E-state index contributed by atoms with van der Waals surface area (Å²) in [5.41, 5.74) is 0. The fourth-order valence-electron chi connectivity index (χ4n) is 1.62. The summed E-state index contributed by atoms with van der Waals surface area (Å²) in [6, 6.07) is 0.544. The highest BCUT2D eigenvalue weighted by atomic mass is 32.2. The van der Waals surface area contributed by atoms with Gasteiger partial charge in [0, 0.05) is 12.3 Å². The Kier molecular flexibility index (Phi) is 4.38. The van der Waals surface area contributed by atoms with E-state index in [1.54, 1.807) is 0 Å². The van der Waals surface area contributed by atoms with E-state index >= 15 is 0 Å². The van der Waals surface area contributed by atoms with Gasteiger partial charge in [0.2, 0.25) is 0 Å². The highest BCUT2D eigenvalue weighted by molar-refractivity contribution is 7.90. The molecule has 1 aliphatic rings. The van der Waals surface area contributed by atoms with Gasteiger partial charge < -0.3 is 5.32 Å². The van der Waals surface area contributed by atoms with Crippen LogP contribution < -0.4 is 5.32 Å². The van der Waals surface area contributed by atoms with Gasteiger partial charge in [0.1, 0.15) is 9.84 Å². The lowest BCUT2D eigenvalue weighted by atomic mass is 10.1. The highest BCUT2D eigenvalue weighted by Crippen LogP contribution is 2.33. The molecule has 1 fully saturated rings. The maximum Gasteiger partial charge on any atom is 0.147 e. The Labute approximate surface area is 87.2 Å². The Balaban J connectivity index is 1.97. The fourth-order valence-corrected chi connectivity index (χ4v) is 2.29. The molecule has 0 aromatic carbocycles. The quantitative estimate of drug-likeness (QED) is 0.654. The van der Waals surface area contributed by atoms with Crippen LogP contribution in [0.25, 0.3) is 0 Å². The van der Waals surface area contributed by atoms with Crippen molar-refractivity contribution in [1.29, 1.82) is 0 Å². The predicted octanol–water partition coefficient (Wildman–Crippen LogP) is 1.20. The first-order chi connectivity index (χ1) is 6.47. The van der Waals surface area contributed by atoms with E-state index in [0.717, 1.165) is 18.9 Å². The molecule has 84 valence electrons. The molecule has 0 radical (unpaired) electrons. The third-order valence-electron chi connectivity index (χ3n) is 2.57. The lowest BCUT2D eigenvalue weighted by Crippen LogP contribution is -2.28. The highest BCUT2D eigenvalue weighted by Gasteiger charge is 2.23. The molecule has 0 spiro atoms. The second-order valence-corrected chi connectivity index (χ2v) is 6.78. The van der Waals surface area contributed by atoms with Gasteiger partial charge >= 0.3 is 0 Å². The maximum absolute atomic E-state index is 10.8. The van der Waals surface area contributed by atoms with Crippen molar-refractivity contribution in [2.45, 2.75) is 38.6 Å². The average Bonchev–Trinajstić information content (AvgIpc) is 2.80. The van der Waals surface area contributed by atoms with E-state index in [9.17, 15) is 8.42 Å². The molecule has 1 aliphatic carbocycles. The first kappa shape index (κ1) is 12.0. The van der Waals surface area contributed by atoms with Crippen molar-refractivity contribution >= 4 is 9.84 Å². The zero-order valence-corrected chi connectivity index (χ0v) is 9.94. The summed E-state index contributed by atoms with van der Waals surface area (Å²) in [6.07, 6.45) is 6.04. The first-order valence-corrected chi connectivity index (χ1v) is 7.44. The van der Waals surface area contributed by atoms with Gasteiger partial charge in [0.05, 0.1) is 5.75 Å². The van der Waals surface area contributed by atoms with Crippen LogP contribution in [0.4, 0.5) is 0 Å². The van der Waals surface area contributed by atoms with E-state index in [2.05, 4.69) is 12.2 Å². The van der Waals surface area contributed by atoms with Crippen molar-refractivity contribution in [2.24, 2.45) is 5.92 Å². The fraction of sp³-hybridized carbons (Fsp3) is 1.00. The summed E-state index contributed by atoms with van der Waals surface area (Å²) in [7, 11) is -2.77. The molecule has 0 aromatic heterocycles. The lowest BCUT2D eigenvalue weighted by molar-refractivity contribution is 0.487. The van der Waals surface area contributed by atoms with E-state index < -0.39 is 9.84 Å². The summed E-state index contributed by atoms with van der Waals surface area (Å²) in [6.45, 7) is 3.00. The Morgan fingerprint density at radius 1 is 1.43 bits per heavy atom. The molecule has 0 aromatic rings. The molecule has 0 heterocycles. The van der Waals surface area contributed by atoms with Crippen molar-refractivity contribution in [3.63, 3.8) is 0 Å².